The van der Waals surface area contributed by atoms with E-state index in [2.05, 4.69) is 29.7 Å². The van der Waals surface area contributed by atoms with Crippen LogP contribution in [0.5, 0.6) is 11.5 Å². The van der Waals surface area contributed by atoms with E-state index in [1.54, 1.807) is 17.4 Å². The van der Waals surface area contributed by atoms with Crippen LogP contribution in [0.1, 0.15) is 12.5 Å². The highest BCUT2D eigenvalue weighted by Gasteiger charge is 2.08. The van der Waals surface area contributed by atoms with Crippen LogP contribution in [0.2, 0.25) is 0 Å². The topological polar surface area (TPSA) is 72.5 Å². The zero-order valence-electron chi connectivity index (χ0n) is 17.3. The third kappa shape index (κ3) is 5.13. The number of hydrogen-bond donors (Lipinski definition) is 2. The molecular formula is C24H23N3O3S. The summed E-state index contributed by atoms with van der Waals surface area (Å²) in [7, 11) is 0. The van der Waals surface area contributed by atoms with E-state index in [1.165, 1.54) is 10.3 Å². The van der Waals surface area contributed by atoms with Crippen molar-refractivity contribution in [2.45, 2.75) is 13.8 Å². The molecule has 0 aliphatic heterocycles. The van der Waals surface area contributed by atoms with Crippen molar-refractivity contribution in [3.05, 3.63) is 72.3 Å². The summed E-state index contributed by atoms with van der Waals surface area (Å²) < 4.78 is 12.3. The largest absolute Gasteiger partial charge is 0.490 e. The number of aromatic nitrogens is 1. The number of nitrogens with zero attached hydrogens (tertiary/aromatic N) is 1. The van der Waals surface area contributed by atoms with Crippen LogP contribution in [-0.2, 0) is 0 Å². The molecule has 3 aromatic carbocycles. The maximum absolute atomic E-state index is 12.2. The van der Waals surface area contributed by atoms with Gasteiger partial charge >= 0.3 is 6.03 Å². The smallest absolute Gasteiger partial charge is 0.321 e. The molecule has 0 aliphatic carbocycles. The molecule has 4 aromatic rings. The van der Waals surface area contributed by atoms with Crippen molar-refractivity contribution in [1.29, 1.82) is 0 Å². The Morgan fingerprint density at radius 2 is 1.74 bits per heavy atom. The minimum absolute atomic E-state index is 0.0269. The Kier molecular flexibility index (Phi) is 6.33. The molecule has 7 heteroatoms. The minimum Gasteiger partial charge on any atom is -0.490 e. The second-order valence-electron chi connectivity index (χ2n) is 6.87. The first kappa shape index (κ1) is 20.7. The summed E-state index contributed by atoms with van der Waals surface area (Å²) in [6, 6.07) is 20.9. The lowest BCUT2D eigenvalue weighted by Gasteiger charge is -2.12. The van der Waals surface area contributed by atoms with Gasteiger partial charge in [-0.15, -0.1) is 11.3 Å². The Bertz CT molecular complexity index is 1190. The average Bonchev–Trinajstić information content (AvgIpc) is 3.19. The van der Waals surface area contributed by atoms with Gasteiger partial charge in [0.1, 0.15) is 5.01 Å². The van der Waals surface area contributed by atoms with E-state index in [4.69, 9.17) is 14.5 Å². The Morgan fingerprint density at radius 3 is 2.48 bits per heavy atom. The lowest BCUT2D eigenvalue weighted by atomic mass is 10.2. The van der Waals surface area contributed by atoms with Gasteiger partial charge in [0.05, 0.1) is 16.8 Å². The van der Waals surface area contributed by atoms with Gasteiger partial charge in [0, 0.05) is 11.3 Å². The number of fused-ring (bicyclic) bond motifs is 1. The number of para-hydroxylation sites is 2. The second kappa shape index (κ2) is 9.49. The molecule has 2 N–H and O–H groups in total. The van der Waals surface area contributed by atoms with Crippen LogP contribution in [0.15, 0.2) is 66.7 Å². The Morgan fingerprint density at radius 1 is 1.00 bits per heavy atom. The third-order valence-electron chi connectivity index (χ3n) is 4.54. The molecule has 0 saturated heterocycles. The van der Waals surface area contributed by atoms with Crippen LogP contribution in [0.3, 0.4) is 0 Å². The van der Waals surface area contributed by atoms with Gasteiger partial charge in [-0.05, 0) is 67.9 Å². The summed E-state index contributed by atoms with van der Waals surface area (Å²) in [5.41, 5.74) is 3.92. The SMILES string of the molecule is CCOc1ccccc1OCNC(=O)Nc1ccc(-c2nc3ccc(C)cc3s2)cc1. The molecule has 158 valence electrons. The van der Waals surface area contributed by atoms with Crippen LogP contribution in [0.25, 0.3) is 20.8 Å². The Labute approximate surface area is 184 Å². The number of thiazole rings is 1. The van der Waals surface area contributed by atoms with E-state index in [9.17, 15) is 4.79 Å². The standard InChI is InChI=1S/C24H23N3O3S/c1-3-29-20-6-4-5-7-21(20)30-15-25-24(28)26-18-11-9-17(10-12-18)23-27-19-13-8-16(2)14-22(19)31-23/h4-14H,3,15H2,1-2H3,(H2,25,26,28). The van der Waals surface area contributed by atoms with Crippen LogP contribution in [-0.4, -0.2) is 24.4 Å². The molecule has 0 atom stereocenters. The van der Waals surface area contributed by atoms with Crippen molar-refractivity contribution in [2.75, 3.05) is 18.7 Å². The molecule has 0 fully saturated rings. The van der Waals surface area contributed by atoms with E-state index >= 15 is 0 Å². The van der Waals surface area contributed by atoms with Crippen molar-refractivity contribution in [2.24, 2.45) is 0 Å². The lowest BCUT2D eigenvalue weighted by Crippen LogP contribution is -2.32. The van der Waals surface area contributed by atoms with E-state index in [1.807, 2.05) is 55.5 Å². The van der Waals surface area contributed by atoms with E-state index < -0.39 is 0 Å². The summed E-state index contributed by atoms with van der Waals surface area (Å²) in [5, 5.41) is 6.44. The number of benzene rings is 3. The molecule has 31 heavy (non-hydrogen) atoms. The van der Waals surface area contributed by atoms with Gasteiger partial charge in [0.25, 0.3) is 0 Å². The number of ether oxygens (including phenoxy) is 2. The van der Waals surface area contributed by atoms with Crippen LogP contribution in [0, 0.1) is 6.92 Å². The Hall–Kier alpha value is -3.58. The number of nitrogens with one attached hydrogen (secondary N) is 2. The van der Waals surface area contributed by atoms with Crippen LogP contribution < -0.4 is 20.1 Å². The fourth-order valence-corrected chi connectivity index (χ4v) is 4.12. The first-order chi connectivity index (χ1) is 15.1. The predicted octanol–water partition coefficient (Wildman–Crippen LogP) is 5.83. The molecule has 0 bridgehead atoms. The monoisotopic (exact) mass is 433 g/mol. The molecule has 6 nitrogen and oxygen atoms in total. The molecule has 2 amide bonds. The number of rotatable bonds is 7. The van der Waals surface area contributed by atoms with Crippen LogP contribution >= 0.6 is 11.3 Å². The zero-order valence-corrected chi connectivity index (χ0v) is 18.2. The number of aryl methyl sites for hydroxylation is 1. The summed E-state index contributed by atoms with van der Waals surface area (Å²) in [6.07, 6.45) is 0. The van der Waals surface area contributed by atoms with Crippen molar-refractivity contribution < 1.29 is 14.3 Å². The first-order valence-corrected chi connectivity index (χ1v) is 10.8. The van der Waals surface area contributed by atoms with Crippen molar-refractivity contribution in [3.63, 3.8) is 0 Å². The zero-order chi connectivity index (χ0) is 21.6. The van der Waals surface area contributed by atoms with Gasteiger partial charge < -0.3 is 20.1 Å². The molecule has 0 spiro atoms. The van der Waals surface area contributed by atoms with E-state index in [-0.39, 0.29) is 12.8 Å². The van der Waals surface area contributed by atoms with Gasteiger partial charge in [-0.2, -0.15) is 0 Å². The van der Waals surface area contributed by atoms with Gasteiger partial charge in [-0.25, -0.2) is 9.78 Å². The summed E-state index contributed by atoms with van der Waals surface area (Å²) in [4.78, 5) is 16.9. The Balaban J connectivity index is 1.33. The second-order valence-corrected chi connectivity index (χ2v) is 7.90. The summed E-state index contributed by atoms with van der Waals surface area (Å²) >= 11 is 1.66. The van der Waals surface area contributed by atoms with Gasteiger partial charge in [-0.3, -0.25) is 0 Å². The number of hydrogen-bond acceptors (Lipinski definition) is 5. The highest BCUT2D eigenvalue weighted by Crippen LogP contribution is 2.31. The molecule has 0 saturated carbocycles. The molecule has 0 aliphatic rings. The minimum atomic E-state index is -0.350. The fourth-order valence-electron chi connectivity index (χ4n) is 3.05. The van der Waals surface area contributed by atoms with Gasteiger partial charge in [0.15, 0.2) is 18.2 Å². The number of anilines is 1. The highest BCUT2D eigenvalue weighted by atomic mass is 32.1. The normalized spacial score (nSPS) is 10.6. The third-order valence-corrected chi connectivity index (χ3v) is 5.61. The lowest BCUT2D eigenvalue weighted by molar-refractivity contribution is 0.229. The molecule has 1 aromatic heterocycles. The van der Waals surface area contributed by atoms with Crippen molar-refractivity contribution in [1.82, 2.24) is 10.3 Å². The molecular weight excluding hydrogens is 410 g/mol. The van der Waals surface area contributed by atoms with E-state index in [0.29, 0.717) is 23.8 Å². The number of carbonyl (C=O) groups is 1. The number of urea groups is 1. The number of carbonyl (C=O) groups excluding carboxylic acids is 1. The van der Waals surface area contributed by atoms with Crippen molar-refractivity contribution in [3.8, 4) is 22.1 Å². The average molecular weight is 434 g/mol. The predicted molar refractivity (Wildman–Crippen MR) is 125 cm³/mol. The summed E-state index contributed by atoms with van der Waals surface area (Å²) in [5.74, 6) is 1.23. The fraction of sp³-hybridized carbons (Fsp3) is 0.167. The van der Waals surface area contributed by atoms with Crippen LogP contribution in [0.4, 0.5) is 10.5 Å². The maximum atomic E-state index is 12.2. The molecule has 4 rings (SSSR count). The number of amides is 2. The van der Waals surface area contributed by atoms with E-state index in [0.717, 1.165) is 16.1 Å². The van der Waals surface area contributed by atoms with Gasteiger partial charge in [-0.1, -0.05) is 18.2 Å². The first-order valence-electron chi connectivity index (χ1n) is 9.99. The van der Waals surface area contributed by atoms with Crippen molar-refractivity contribution >= 4 is 33.3 Å². The molecule has 0 radical (unpaired) electrons. The summed E-state index contributed by atoms with van der Waals surface area (Å²) in [6.45, 7) is 4.55. The highest BCUT2D eigenvalue weighted by molar-refractivity contribution is 7.21. The molecule has 0 unspecified atom stereocenters. The quantitative estimate of drug-likeness (QED) is 0.360. The maximum Gasteiger partial charge on any atom is 0.321 e. The molecule has 1 heterocycles. The van der Waals surface area contributed by atoms with Gasteiger partial charge in [0.2, 0.25) is 0 Å².